The summed E-state index contributed by atoms with van der Waals surface area (Å²) in [5.74, 6) is 1.57. The molecule has 0 fully saturated rings. The Labute approximate surface area is 121 Å². The van der Waals surface area contributed by atoms with Crippen molar-refractivity contribution >= 4 is 11.9 Å². The number of aromatic nitrogens is 3. The third-order valence-electron chi connectivity index (χ3n) is 3.25. The summed E-state index contributed by atoms with van der Waals surface area (Å²) >= 11 is 0. The van der Waals surface area contributed by atoms with Gasteiger partial charge in [0.1, 0.15) is 0 Å². The number of rotatable bonds is 7. The zero-order valence-electron chi connectivity index (χ0n) is 13.5. The van der Waals surface area contributed by atoms with Crippen molar-refractivity contribution in [3.05, 3.63) is 5.82 Å². The minimum Gasteiger partial charge on any atom is -0.347 e. The molecule has 1 unspecified atom stereocenters. The molecule has 0 radical (unpaired) electrons. The lowest BCUT2D eigenvalue weighted by Crippen LogP contribution is -2.34. The van der Waals surface area contributed by atoms with E-state index in [-0.39, 0.29) is 11.9 Å². The Morgan fingerprint density at radius 2 is 1.90 bits per heavy atom. The highest BCUT2D eigenvalue weighted by Gasteiger charge is 2.18. The highest BCUT2D eigenvalue weighted by molar-refractivity contribution is 5.91. The summed E-state index contributed by atoms with van der Waals surface area (Å²) in [5, 5.41) is 10.9. The quantitative estimate of drug-likeness (QED) is 0.828. The lowest BCUT2D eigenvalue weighted by atomic mass is 10.0. The van der Waals surface area contributed by atoms with Gasteiger partial charge in [0.15, 0.2) is 0 Å². The molecule has 1 N–H and O–H groups in total. The molecule has 1 rings (SSSR count). The molecule has 1 atom stereocenters. The van der Waals surface area contributed by atoms with Crippen LogP contribution in [0.3, 0.4) is 0 Å². The molecule has 0 saturated heterocycles. The average Bonchev–Trinajstić information content (AvgIpc) is 2.70. The average molecular weight is 281 g/mol. The fourth-order valence-electron chi connectivity index (χ4n) is 2.10. The number of nitrogens with zero attached hydrogens (tertiary/aromatic N) is 4. The van der Waals surface area contributed by atoms with Crippen molar-refractivity contribution in [2.45, 2.75) is 46.1 Å². The standard InChI is InChI=1S/C14H27N5O/c1-10(2)8-7-9-11(3)15-13(20)12-16-17-14(18(4)5)19(12)6/h10-11H,7-9H2,1-6H3,(H,15,20). The van der Waals surface area contributed by atoms with E-state index in [0.717, 1.165) is 12.8 Å². The molecule has 0 aliphatic heterocycles. The van der Waals surface area contributed by atoms with Crippen LogP contribution in [-0.2, 0) is 7.05 Å². The highest BCUT2D eigenvalue weighted by atomic mass is 16.2. The summed E-state index contributed by atoms with van der Waals surface area (Å²) in [4.78, 5) is 14.0. The Morgan fingerprint density at radius 3 is 2.40 bits per heavy atom. The van der Waals surface area contributed by atoms with Gasteiger partial charge in [-0.25, -0.2) is 0 Å². The Bertz CT molecular complexity index is 439. The number of nitrogens with one attached hydrogen (secondary N) is 1. The van der Waals surface area contributed by atoms with Gasteiger partial charge in [-0.2, -0.15) is 0 Å². The Balaban J connectivity index is 2.54. The summed E-state index contributed by atoms with van der Waals surface area (Å²) in [7, 11) is 5.55. The van der Waals surface area contributed by atoms with Gasteiger partial charge in [-0.3, -0.25) is 9.36 Å². The smallest absolute Gasteiger partial charge is 0.289 e. The first kappa shape index (κ1) is 16.5. The monoisotopic (exact) mass is 281 g/mol. The Morgan fingerprint density at radius 1 is 1.25 bits per heavy atom. The molecule has 1 heterocycles. The van der Waals surface area contributed by atoms with Crippen LogP contribution in [0.25, 0.3) is 0 Å². The van der Waals surface area contributed by atoms with Crippen molar-refractivity contribution in [1.82, 2.24) is 20.1 Å². The maximum absolute atomic E-state index is 12.2. The van der Waals surface area contributed by atoms with Crippen LogP contribution in [0.15, 0.2) is 0 Å². The van der Waals surface area contributed by atoms with Crippen molar-refractivity contribution in [2.75, 3.05) is 19.0 Å². The SMILES string of the molecule is CC(C)CCCC(C)NC(=O)c1nnc(N(C)C)n1C. The van der Waals surface area contributed by atoms with Crippen LogP contribution in [0.2, 0.25) is 0 Å². The molecule has 0 saturated carbocycles. The van der Waals surface area contributed by atoms with E-state index in [4.69, 9.17) is 0 Å². The summed E-state index contributed by atoms with van der Waals surface area (Å²) in [6, 6.07) is 0.153. The van der Waals surface area contributed by atoms with Crippen molar-refractivity contribution in [1.29, 1.82) is 0 Å². The predicted octanol–water partition coefficient (Wildman–Crippen LogP) is 1.83. The number of anilines is 1. The molecule has 1 aromatic heterocycles. The van der Waals surface area contributed by atoms with Gasteiger partial charge in [-0.1, -0.05) is 26.7 Å². The van der Waals surface area contributed by atoms with Crippen molar-refractivity contribution in [2.24, 2.45) is 13.0 Å². The minimum absolute atomic E-state index is 0.153. The van der Waals surface area contributed by atoms with E-state index in [1.165, 1.54) is 6.42 Å². The van der Waals surface area contributed by atoms with Crippen molar-refractivity contribution < 1.29 is 4.79 Å². The zero-order chi connectivity index (χ0) is 15.3. The van der Waals surface area contributed by atoms with E-state index < -0.39 is 0 Å². The molecule has 6 heteroatoms. The molecule has 0 aliphatic rings. The third-order valence-corrected chi connectivity index (χ3v) is 3.25. The zero-order valence-corrected chi connectivity index (χ0v) is 13.5. The molecule has 20 heavy (non-hydrogen) atoms. The van der Waals surface area contributed by atoms with Crippen LogP contribution in [-0.4, -0.2) is 40.8 Å². The highest BCUT2D eigenvalue weighted by Crippen LogP contribution is 2.10. The van der Waals surface area contributed by atoms with E-state index in [2.05, 4.69) is 29.4 Å². The molecule has 1 aromatic rings. The fourth-order valence-corrected chi connectivity index (χ4v) is 2.10. The molecule has 0 bridgehead atoms. The van der Waals surface area contributed by atoms with E-state index in [9.17, 15) is 4.79 Å². The minimum atomic E-state index is -0.162. The lowest BCUT2D eigenvalue weighted by Gasteiger charge is -2.15. The lowest BCUT2D eigenvalue weighted by molar-refractivity contribution is 0.0924. The predicted molar refractivity (Wildman–Crippen MR) is 80.9 cm³/mol. The van der Waals surface area contributed by atoms with Gasteiger partial charge in [0.2, 0.25) is 11.8 Å². The van der Waals surface area contributed by atoms with E-state index in [0.29, 0.717) is 17.7 Å². The van der Waals surface area contributed by atoms with Crippen molar-refractivity contribution in [3.63, 3.8) is 0 Å². The maximum atomic E-state index is 12.2. The number of hydrogen-bond acceptors (Lipinski definition) is 4. The van der Waals surface area contributed by atoms with Crippen molar-refractivity contribution in [3.8, 4) is 0 Å². The number of carbonyl (C=O) groups excluding carboxylic acids is 1. The van der Waals surface area contributed by atoms with Crippen LogP contribution in [0.4, 0.5) is 5.95 Å². The second-order valence-corrected chi connectivity index (χ2v) is 5.98. The number of carbonyl (C=O) groups is 1. The molecular weight excluding hydrogens is 254 g/mol. The molecule has 1 amide bonds. The van der Waals surface area contributed by atoms with Gasteiger partial charge >= 0.3 is 0 Å². The largest absolute Gasteiger partial charge is 0.347 e. The van der Waals surface area contributed by atoms with Gasteiger partial charge < -0.3 is 10.2 Å². The maximum Gasteiger partial charge on any atom is 0.289 e. The fraction of sp³-hybridized carbons (Fsp3) is 0.786. The normalized spacial score (nSPS) is 12.6. The first-order valence-corrected chi connectivity index (χ1v) is 7.20. The van der Waals surface area contributed by atoms with Gasteiger partial charge in [0, 0.05) is 27.2 Å². The van der Waals surface area contributed by atoms with Gasteiger partial charge in [0.25, 0.3) is 5.91 Å². The van der Waals surface area contributed by atoms with Gasteiger partial charge in [-0.15, -0.1) is 10.2 Å². The molecule has 0 spiro atoms. The molecule has 114 valence electrons. The van der Waals surface area contributed by atoms with E-state index in [1.54, 1.807) is 11.6 Å². The van der Waals surface area contributed by atoms with Crippen LogP contribution in [0, 0.1) is 5.92 Å². The topological polar surface area (TPSA) is 63.1 Å². The van der Waals surface area contributed by atoms with Crippen LogP contribution in [0.1, 0.15) is 50.7 Å². The summed E-state index contributed by atoms with van der Waals surface area (Å²) < 4.78 is 1.70. The second kappa shape index (κ2) is 7.26. The third kappa shape index (κ3) is 4.51. The van der Waals surface area contributed by atoms with E-state index >= 15 is 0 Å². The second-order valence-electron chi connectivity index (χ2n) is 5.98. The first-order chi connectivity index (χ1) is 9.32. The summed E-state index contributed by atoms with van der Waals surface area (Å²) in [6.07, 6.45) is 3.30. The molecule has 0 aromatic carbocycles. The van der Waals surface area contributed by atoms with Gasteiger partial charge in [-0.05, 0) is 19.3 Å². The number of amides is 1. The van der Waals surface area contributed by atoms with Gasteiger partial charge in [0.05, 0.1) is 0 Å². The van der Waals surface area contributed by atoms with Crippen LogP contribution in [0.5, 0.6) is 0 Å². The van der Waals surface area contributed by atoms with E-state index in [1.807, 2.05) is 25.9 Å². The Kier molecular flexibility index (Phi) is 5.98. The molecular formula is C14H27N5O. The summed E-state index contributed by atoms with van der Waals surface area (Å²) in [6.45, 7) is 6.46. The van der Waals surface area contributed by atoms with Crippen LogP contribution >= 0.6 is 0 Å². The van der Waals surface area contributed by atoms with Crippen LogP contribution < -0.4 is 10.2 Å². The summed E-state index contributed by atoms with van der Waals surface area (Å²) in [5.41, 5.74) is 0. The Hall–Kier alpha value is -1.59. The first-order valence-electron chi connectivity index (χ1n) is 7.20. The number of hydrogen-bond donors (Lipinski definition) is 1. The molecule has 0 aliphatic carbocycles. The molecule has 6 nitrogen and oxygen atoms in total.